The summed E-state index contributed by atoms with van der Waals surface area (Å²) < 4.78 is 0. The normalized spacial score (nSPS) is 9.43. The van der Waals surface area contributed by atoms with Crippen molar-refractivity contribution in [1.82, 2.24) is 0 Å². The first-order valence-electron chi connectivity index (χ1n) is 4.36. The molecule has 0 atom stereocenters. The first-order chi connectivity index (χ1) is 6.79. The Hall–Kier alpha value is -0.517. The van der Waals surface area contributed by atoms with Gasteiger partial charge in [-0.15, -0.1) is 17.5 Å². The molecule has 0 aliphatic carbocycles. The Morgan fingerprint density at radius 2 is 1.57 bits per heavy atom. The Bertz CT molecular complexity index is 383. The van der Waals surface area contributed by atoms with Crippen LogP contribution in [0.15, 0.2) is 36.4 Å². The second-order valence-electron chi connectivity index (χ2n) is 3.09. The molecule has 0 radical (unpaired) electrons. The molecule has 2 rings (SSSR count). The van der Waals surface area contributed by atoms with Gasteiger partial charge in [-0.2, -0.15) is 18.6 Å². The van der Waals surface area contributed by atoms with Gasteiger partial charge in [-0.25, -0.2) is 0 Å². The zero-order valence-electron chi connectivity index (χ0n) is 8.26. The van der Waals surface area contributed by atoms with E-state index in [2.05, 4.69) is 50.2 Å². The van der Waals surface area contributed by atoms with Gasteiger partial charge in [0.05, 0.1) is 0 Å². The molecule has 0 fully saturated rings. The Kier molecular flexibility index (Phi) is 4.45. The van der Waals surface area contributed by atoms with Crippen LogP contribution in [0.25, 0.3) is 10.8 Å². The van der Waals surface area contributed by atoms with Crippen LogP contribution in [0, 0.1) is 13.8 Å². The average molecular weight is 256 g/mol. The van der Waals surface area contributed by atoms with Gasteiger partial charge in [0.1, 0.15) is 0 Å². The molecule has 0 aliphatic rings. The van der Waals surface area contributed by atoms with Crippen LogP contribution in [0.3, 0.4) is 0 Å². The minimum atomic E-state index is 0.847. The molecular weight excluding hydrogens is 245 g/mol. The Labute approximate surface area is 99.0 Å². The van der Waals surface area contributed by atoms with E-state index < -0.39 is 0 Å². The predicted molar refractivity (Wildman–Crippen MR) is 59.0 cm³/mol. The van der Waals surface area contributed by atoms with Gasteiger partial charge in [-0.05, 0) is 6.92 Å². The predicted octanol–water partition coefficient (Wildman–Crippen LogP) is 4.02. The summed E-state index contributed by atoms with van der Waals surface area (Å²) in [5, 5.41) is 2.57. The van der Waals surface area contributed by atoms with Crippen molar-refractivity contribution in [2.45, 2.75) is 6.92 Å². The molecule has 0 saturated carbocycles. The molecule has 0 heterocycles. The van der Waals surface area contributed by atoms with Crippen molar-refractivity contribution in [2.75, 3.05) is 0 Å². The number of rotatable bonds is 0. The number of aryl methyl sites for hydroxylation is 1. The van der Waals surface area contributed by atoms with E-state index in [0.717, 1.165) is 22.9 Å². The second kappa shape index (κ2) is 5.39. The van der Waals surface area contributed by atoms with Crippen LogP contribution in [-0.2, 0) is 17.3 Å². The van der Waals surface area contributed by atoms with Gasteiger partial charge in [-0.3, -0.25) is 0 Å². The summed E-state index contributed by atoms with van der Waals surface area (Å²) in [6, 6.07) is 12.6. The van der Waals surface area contributed by atoms with Gasteiger partial charge >= 0.3 is 27.0 Å². The van der Waals surface area contributed by atoms with Gasteiger partial charge in [0.15, 0.2) is 0 Å². The van der Waals surface area contributed by atoms with Crippen LogP contribution < -0.4 is 0 Å². The molecular formula is C12H11ClZn. The van der Waals surface area contributed by atoms with Crippen molar-refractivity contribution in [3.8, 4) is 0 Å². The molecule has 0 aliphatic heterocycles. The first-order valence-corrected chi connectivity index (χ1v) is 8.26. The fourth-order valence-corrected chi connectivity index (χ4v) is 1.51. The summed E-state index contributed by atoms with van der Waals surface area (Å²) in [5.41, 5.74) is 2.43. The molecule has 0 N–H and O–H groups in total. The van der Waals surface area contributed by atoms with Crippen LogP contribution in [0.2, 0.25) is 0 Å². The third-order valence-electron chi connectivity index (χ3n) is 2.23. The SMILES string of the molecule is [CH2-]c1ccc(C)c2ccccc12.[Cl][Zn+]. The summed E-state index contributed by atoms with van der Waals surface area (Å²) in [4.78, 5) is 0. The van der Waals surface area contributed by atoms with E-state index in [1.165, 1.54) is 16.3 Å². The van der Waals surface area contributed by atoms with Gasteiger partial charge < -0.3 is 0 Å². The second-order valence-corrected chi connectivity index (χ2v) is 3.09. The Balaban J connectivity index is 0.000000461. The minimum absolute atomic E-state index is 0.847. The van der Waals surface area contributed by atoms with E-state index in [4.69, 9.17) is 9.69 Å². The van der Waals surface area contributed by atoms with Gasteiger partial charge in [-0.1, -0.05) is 29.1 Å². The maximum atomic E-state index is 4.76. The molecule has 2 aromatic carbocycles. The third kappa shape index (κ3) is 2.29. The molecule has 0 bridgehead atoms. The monoisotopic (exact) mass is 254 g/mol. The van der Waals surface area contributed by atoms with Crippen molar-refractivity contribution in [3.63, 3.8) is 0 Å². The van der Waals surface area contributed by atoms with E-state index in [1.807, 2.05) is 0 Å². The van der Waals surface area contributed by atoms with Crippen LogP contribution in [0.1, 0.15) is 11.1 Å². The number of hydrogen-bond acceptors (Lipinski definition) is 0. The fourth-order valence-electron chi connectivity index (χ4n) is 1.51. The van der Waals surface area contributed by atoms with Crippen LogP contribution in [0.4, 0.5) is 0 Å². The van der Waals surface area contributed by atoms with E-state index in [9.17, 15) is 0 Å². The number of benzene rings is 2. The number of fused-ring (bicyclic) bond motifs is 1. The number of halogens is 1. The summed E-state index contributed by atoms with van der Waals surface area (Å²) >= 11 is 0.847. The molecule has 68 valence electrons. The Morgan fingerprint density at radius 1 is 1.00 bits per heavy atom. The van der Waals surface area contributed by atoms with Gasteiger partial charge in [0.2, 0.25) is 0 Å². The summed E-state index contributed by atoms with van der Waals surface area (Å²) in [6.07, 6.45) is 0. The van der Waals surface area contributed by atoms with E-state index in [1.54, 1.807) is 0 Å². The molecule has 0 nitrogen and oxygen atoms in total. The van der Waals surface area contributed by atoms with Crippen molar-refractivity contribution >= 4 is 20.5 Å². The zero-order chi connectivity index (χ0) is 10.6. The molecule has 0 aromatic heterocycles. The van der Waals surface area contributed by atoms with Crippen molar-refractivity contribution in [1.29, 1.82) is 0 Å². The van der Waals surface area contributed by atoms with Crippen LogP contribution in [0.5, 0.6) is 0 Å². The van der Waals surface area contributed by atoms with E-state index in [0.29, 0.717) is 0 Å². The summed E-state index contributed by atoms with van der Waals surface area (Å²) in [6.45, 7) is 6.12. The summed E-state index contributed by atoms with van der Waals surface area (Å²) in [7, 11) is 4.76. The molecule has 2 aromatic rings. The van der Waals surface area contributed by atoms with Crippen molar-refractivity contribution in [3.05, 3.63) is 54.4 Å². The standard InChI is InChI=1S/C12H11.ClH.Zn/c1-9-7-8-10(2)12-6-4-3-5-11(9)12;;/h3-8H,1H2,2H3;1H;/q-1;;+2/p-1. The fraction of sp³-hybridized carbons (Fsp3) is 0.0833. The number of hydrogen-bond donors (Lipinski definition) is 0. The van der Waals surface area contributed by atoms with Gasteiger partial charge in [0, 0.05) is 0 Å². The topological polar surface area (TPSA) is 0 Å². The first kappa shape index (κ1) is 11.6. The zero-order valence-corrected chi connectivity index (χ0v) is 12.0. The maximum absolute atomic E-state index is 4.76. The van der Waals surface area contributed by atoms with Crippen molar-refractivity contribution in [2.24, 2.45) is 0 Å². The molecule has 2 heteroatoms. The quantitative estimate of drug-likeness (QED) is 0.493. The van der Waals surface area contributed by atoms with Crippen molar-refractivity contribution < 1.29 is 17.3 Å². The molecule has 0 saturated heterocycles. The molecule has 0 unspecified atom stereocenters. The van der Waals surface area contributed by atoms with E-state index >= 15 is 0 Å². The van der Waals surface area contributed by atoms with Crippen LogP contribution in [-0.4, -0.2) is 0 Å². The van der Waals surface area contributed by atoms with Gasteiger partial charge in [0.25, 0.3) is 0 Å². The van der Waals surface area contributed by atoms with Crippen LogP contribution >= 0.6 is 9.69 Å². The average Bonchev–Trinajstić information content (AvgIpc) is 2.27. The van der Waals surface area contributed by atoms with E-state index in [-0.39, 0.29) is 0 Å². The summed E-state index contributed by atoms with van der Waals surface area (Å²) in [5.74, 6) is 0. The Morgan fingerprint density at radius 3 is 2.14 bits per heavy atom. The third-order valence-corrected chi connectivity index (χ3v) is 2.23. The molecule has 0 spiro atoms. The molecule has 14 heavy (non-hydrogen) atoms. The molecule has 0 amide bonds.